The fraction of sp³-hybridized carbons (Fsp3) is 0.838. The predicted molar refractivity (Wildman–Crippen MR) is 381 cm³/mol. The lowest BCUT2D eigenvalue weighted by Gasteiger charge is -2.45. The van der Waals surface area contributed by atoms with Gasteiger partial charge in [-0.15, -0.1) is 11.6 Å². The van der Waals surface area contributed by atoms with Crippen molar-refractivity contribution in [1.82, 2.24) is 60.0 Å². The van der Waals surface area contributed by atoms with Crippen LogP contribution in [0.2, 0.25) is 0 Å². The molecule has 12 amide bonds. The number of morpholine rings is 1. The molecule has 1 spiro atoms. The van der Waals surface area contributed by atoms with Crippen LogP contribution in [0.5, 0.6) is 0 Å². The summed E-state index contributed by atoms with van der Waals surface area (Å²) >= 11 is 6.40. The molecule has 600 valence electrons. The lowest BCUT2D eigenvalue weighted by atomic mass is 9.78. The van der Waals surface area contributed by atoms with Gasteiger partial charge in [-0.25, -0.2) is 0 Å². The van der Waals surface area contributed by atoms with Crippen molar-refractivity contribution in [3.8, 4) is 0 Å². The smallest absolute Gasteiger partial charge is 0.378 e. The fourth-order valence-electron chi connectivity index (χ4n) is 16.8. The molecule has 3 saturated carbocycles. The number of carbonyl (C=O) groups excluding carboxylic acids is 12. The number of likely N-dealkylation sites (N-methyl/N-ethyl adjacent to an activating group) is 6. The van der Waals surface area contributed by atoms with Gasteiger partial charge in [-0.3, -0.25) is 57.5 Å². The fourth-order valence-corrected chi connectivity index (χ4v) is 17.3. The Labute approximate surface area is 625 Å². The monoisotopic (exact) mass is 1530 g/mol. The highest BCUT2D eigenvalue weighted by Crippen LogP contribution is 2.45. The molecule has 0 aromatic carbocycles. The lowest BCUT2D eigenvalue weighted by molar-refractivity contribution is -0.184. The molecule has 4 heterocycles. The van der Waals surface area contributed by atoms with E-state index < -0.39 is 197 Å². The Morgan fingerprint density at radius 3 is 1.77 bits per heavy atom. The van der Waals surface area contributed by atoms with Crippen molar-refractivity contribution in [2.24, 2.45) is 41.4 Å². The lowest BCUT2D eigenvalue weighted by Crippen LogP contribution is -2.65. The van der Waals surface area contributed by atoms with Crippen LogP contribution in [0, 0.1) is 41.4 Å². The van der Waals surface area contributed by atoms with Crippen molar-refractivity contribution in [2.75, 3.05) is 87.7 Å². The Kier molecular flexibility index (Phi) is 30.5. The molecule has 3 N–H and O–H groups in total. The number of carbonyl (C=O) groups is 12. The maximum absolute atomic E-state index is 15.6. The Morgan fingerprint density at radius 1 is 0.604 bits per heavy atom. The molecule has 4 aliphatic heterocycles. The highest BCUT2D eigenvalue weighted by molar-refractivity contribution is 6.21. The van der Waals surface area contributed by atoms with Crippen molar-refractivity contribution in [3.63, 3.8) is 0 Å². The standard InChI is InChI=1S/C74H117ClF6N12O13/c1-14-44(6)60-69(103)85(9)46(8)64(98)93-33-29-54(93)66(100)87(11)56(40-48-21-25-49(26-22-48)73(76,77)78)67(101)90(16-3)42-58(94)82-52(28-24-47-23-27-50(51(75)39-47)74(79,80)81)65(99)92-32-19-20-53(92)63(97)84-72(30-17-18-31-72)71(105)89(13)61(45(7)15-2)70(104)88(12)57(68(102)91-34-36-106-37-35-91)41-59(95)86(10)55(38-43(4)5)62(96)83-60/h43-57,60-61H,14-42H2,1-13H3,(H,82,94)(H,83,96)(H,84,97)/t44-,45-,46-,47?,48?,49?,50?,51?,52-,53-,54-,55-,56-,57-,60-,61-/m0/s1. The number of nitrogens with zero attached hydrogens (tertiary/aromatic N) is 9. The van der Waals surface area contributed by atoms with Crippen LogP contribution in [0.15, 0.2) is 0 Å². The quantitative estimate of drug-likeness (QED) is 0.131. The van der Waals surface area contributed by atoms with Gasteiger partial charge >= 0.3 is 12.4 Å². The highest BCUT2D eigenvalue weighted by atomic mass is 35.5. The van der Waals surface area contributed by atoms with Crippen molar-refractivity contribution < 1.29 is 88.6 Å². The van der Waals surface area contributed by atoms with Gasteiger partial charge in [-0.2, -0.15) is 26.3 Å². The summed E-state index contributed by atoms with van der Waals surface area (Å²) in [5.74, 6) is -14.2. The van der Waals surface area contributed by atoms with Crippen molar-refractivity contribution in [1.29, 1.82) is 0 Å². The van der Waals surface area contributed by atoms with Crippen LogP contribution in [0.4, 0.5) is 26.3 Å². The van der Waals surface area contributed by atoms with E-state index in [0.29, 0.717) is 25.7 Å². The number of nitrogens with one attached hydrogen (secondary N) is 3. The third-order valence-electron chi connectivity index (χ3n) is 24.3. The van der Waals surface area contributed by atoms with Gasteiger partial charge in [-0.1, -0.05) is 67.2 Å². The van der Waals surface area contributed by atoms with Gasteiger partial charge in [0.25, 0.3) is 0 Å². The summed E-state index contributed by atoms with van der Waals surface area (Å²) in [6.45, 7) is 13.5. The van der Waals surface area contributed by atoms with Crippen molar-refractivity contribution in [2.45, 2.75) is 268 Å². The van der Waals surface area contributed by atoms with Crippen LogP contribution in [-0.2, 0) is 62.3 Å². The van der Waals surface area contributed by atoms with Gasteiger partial charge in [0.2, 0.25) is 70.9 Å². The highest BCUT2D eigenvalue weighted by Gasteiger charge is 2.53. The van der Waals surface area contributed by atoms with Crippen LogP contribution in [0.3, 0.4) is 0 Å². The number of fused-ring (bicyclic) bond motifs is 2. The number of ether oxygens (including phenoxy) is 1. The Bertz CT molecular complexity index is 3130. The van der Waals surface area contributed by atoms with Gasteiger partial charge in [0.15, 0.2) is 0 Å². The van der Waals surface area contributed by atoms with Gasteiger partial charge in [-0.05, 0) is 146 Å². The second kappa shape index (κ2) is 37.3. The van der Waals surface area contributed by atoms with Gasteiger partial charge in [0.05, 0.1) is 38.0 Å². The first-order valence-corrected chi connectivity index (χ1v) is 39.0. The summed E-state index contributed by atoms with van der Waals surface area (Å²) in [4.78, 5) is 193. The van der Waals surface area contributed by atoms with Gasteiger partial charge in [0.1, 0.15) is 59.9 Å². The van der Waals surface area contributed by atoms with E-state index in [4.69, 9.17) is 16.3 Å². The molecule has 32 heteroatoms. The average molecular weight is 1530 g/mol. The van der Waals surface area contributed by atoms with Gasteiger partial charge < -0.3 is 64.8 Å². The number of amides is 12. The Hall–Kier alpha value is -6.53. The maximum atomic E-state index is 15.6. The minimum Gasteiger partial charge on any atom is -0.378 e. The molecule has 0 bridgehead atoms. The Morgan fingerprint density at radius 2 is 1.22 bits per heavy atom. The normalized spacial score (nSPS) is 31.6. The number of halogens is 7. The van der Waals surface area contributed by atoms with Crippen molar-refractivity contribution >= 4 is 82.5 Å². The summed E-state index contributed by atoms with van der Waals surface area (Å²) in [6, 6.07) is -11.9. The molecule has 0 radical (unpaired) electrons. The second-order valence-corrected chi connectivity index (χ2v) is 32.2. The molecule has 14 atom stereocenters. The molecular weight excluding hydrogens is 1410 g/mol. The minimum absolute atomic E-state index is 0.00131. The molecule has 3 aliphatic carbocycles. The van der Waals surface area contributed by atoms with Crippen LogP contribution in [-0.4, -0.2) is 280 Å². The summed E-state index contributed by atoms with van der Waals surface area (Å²) in [7, 11) is 6.92. The molecule has 0 aromatic heterocycles. The molecular formula is C74H117ClF6N12O13. The van der Waals surface area contributed by atoms with E-state index in [1.165, 1.54) is 66.7 Å². The first-order valence-electron chi connectivity index (χ1n) is 38.5. The summed E-state index contributed by atoms with van der Waals surface area (Å²) < 4.78 is 90.0. The van der Waals surface area contributed by atoms with Crippen molar-refractivity contribution in [3.05, 3.63) is 0 Å². The molecule has 106 heavy (non-hydrogen) atoms. The maximum Gasteiger partial charge on any atom is 0.393 e. The van der Waals surface area contributed by atoms with Gasteiger partial charge in [0, 0.05) is 73.3 Å². The number of hydrogen-bond donors (Lipinski definition) is 3. The summed E-state index contributed by atoms with van der Waals surface area (Å²) in [5.41, 5.74) is -1.63. The summed E-state index contributed by atoms with van der Waals surface area (Å²) in [5, 5.41) is 7.42. The Balaban J connectivity index is 1.30. The molecule has 25 nitrogen and oxygen atoms in total. The largest absolute Gasteiger partial charge is 0.393 e. The van der Waals surface area contributed by atoms with Crippen LogP contribution >= 0.6 is 11.6 Å². The van der Waals surface area contributed by atoms with Crippen LogP contribution in [0.1, 0.15) is 190 Å². The van der Waals surface area contributed by atoms with E-state index >= 15 is 33.6 Å². The topological polar surface area (TPSA) is 279 Å². The molecule has 7 aliphatic rings. The molecule has 4 saturated heterocycles. The zero-order chi connectivity index (χ0) is 78.8. The zero-order valence-corrected chi connectivity index (χ0v) is 65.1. The minimum atomic E-state index is -4.56. The number of hydrogen-bond acceptors (Lipinski definition) is 13. The first kappa shape index (κ1) is 86.7. The molecule has 0 aromatic rings. The third-order valence-corrected chi connectivity index (χ3v) is 24.8. The van der Waals surface area contributed by atoms with E-state index in [1.807, 2.05) is 20.8 Å². The van der Waals surface area contributed by atoms with E-state index in [0.717, 1.165) is 19.6 Å². The zero-order valence-electron chi connectivity index (χ0n) is 64.3. The van der Waals surface area contributed by atoms with E-state index in [2.05, 4.69) is 16.0 Å². The van der Waals surface area contributed by atoms with E-state index in [-0.39, 0.29) is 155 Å². The van der Waals surface area contributed by atoms with Crippen LogP contribution in [0.25, 0.3) is 0 Å². The predicted octanol–water partition coefficient (Wildman–Crippen LogP) is 6.51. The average Bonchev–Trinajstić information content (AvgIpc) is 0.792. The van der Waals surface area contributed by atoms with Crippen LogP contribution < -0.4 is 16.0 Å². The summed E-state index contributed by atoms with van der Waals surface area (Å²) in [6.07, 6.45) is -8.02. The molecule has 3 unspecified atom stereocenters. The first-order chi connectivity index (χ1) is 49.7. The third kappa shape index (κ3) is 20.5. The number of alkyl halides is 7. The van der Waals surface area contributed by atoms with E-state index in [9.17, 15) is 50.3 Å². The molecule has 7 fully saturated rings. The SMILES string of the molecule is CC[C@H](C)[C@@H]1NC(=O)[C@H](CC(C)C)N(C)C(=O)C[C@@H](C(=O)N2CCOCC2)N(C)C(=O)[C@H]([C@@H](C)CC)N(C)C(=O)C2(CCCC2)NC(=O)[C@@H]2CCCN2C(=O)[C@H](CCC2CCC(C(F)(F)F)C(Cl)C2)NC(=O)CN(CC)C(=O)[C@H](CC2CCC(C(F)(F)F)CC2)N(C)C(=O)[C@@H]2CCN2C(=O)[C@H](C)N(C)C1=O. The molecule has 7 rings (SSSR count). The van der Waals surface area contributed by atoms with E-state index in [1.54, 1.807) is 27.7 Å². The second-order valence-electron chi connectivity index (χ2n) is 31.7. The number of rotatable bonds is 13.